The van der Waals surface area contributed by atoms with E-state index >= 15 is 0 Å². The van der Waals surface area contributed by atoms with E-state index in [1.807, 2.05) is 20.8 Å². The van der Waals surface area contributed by atoms with E-state index in [1.165, 1.54) is 0 Å². The molecule has 1 fully saturated rings. The number of carbonyl (C=O) groups is 2. The van der Waals surface area contributed by atoms with Crippen molar-refractivity contribution in [3.8, 4) is 5.75 Å². The monoisotopic (exact) mass is 377 g/mol. The SMILES string of the molecule is CC(C)(C)OC(=O)N1CCN2c3c(ccc4c3C(O)OC4=O)OC[Si]2C1. The van der Waals surface area contributed by atoms with Gasteiger partial charge in [-0.15, -0.1) is 0 Å². The maximum atomic E-state index is 12.4. The third kappa shape index (κ3) is 2.80. The van der Waals surface area contributed by atoms with Crippen molar-refractivity contribution in [3.63, 3.8) is 0 Å². The lowest BCUT2D eigenvalue weighted by molar-refractivity contribution is -0.0546. The number of hydrogen-bond acceptors (Lipinski definition) is 7. The van der Waals surface area contributed by atoms with Crippen LogP contribution in [0.1, 0.15) is 43.0 Å². The molecule has 0 aliphatic carbocycles. The molecule has 0 saturated carbocycles. The Morgan fingerprint density at radius 1 is 1.35 bits per heavy atom. The summed E-state index contributed by atoms with van der Waals surface area (Å²) < 4.78 is 18.5. The van der Waals surface area contributed by atoms with Gasteiger partial charge >= 0.3 is 12.1 Å². The smallest absolute Gasteiger partial charge is 0.410 e. The van der Waals surface area contributed by atoms with Gasteiger partial charge in [-0.05, 0) is 32.9 Å². The molecular weight excluding hydrogens is 356 g/mol. The normalized spacial score (nSPS) is 22.2. The number of amides is 1. The highest BCUT2D eigenvalue weighted by atomic mass is 28.3. The Labute approximate surface area is 152 Å². The highest BCUT2D eigenvalue weighted by molar-refractivity contribution is 6.64. The summed E-state index contributed by atoms with van der Waals surface area (Å²) in [6.07, 6.45) is -0.535. The minimum Gasteiger partial charge on any atom is -0.493 e. The van der Waals surface area contributed by atoms with Crippen molar-refractivity contribution in [1.29, 1.82) is 0 Å². The van der Waals surface area contributed by atoms with Crippen LogP contribution in [0, 0.1) is 0 Å². The van der Waals surface area contributed by atoms with E-state index in [9.17, 15) is 14.7 Å². The Hall–Kier alpha value is -2.26. The second-order valence-corrected chi connectivity index (χ2v) is 9.82. The Bertz CT molecular complexity index is 777. The Kier molecular flexibility index (Phi) is 3.88. The van der Waals surface area contributed by atoms with Crippen molar-refractivity contribution >= 4 is 26.7 Å². The molecule has 1 aromatic rings. The van der Waals surface area contributed by atoms with Crippen LogP contribution >= 0.6 is 0 Å². The van der Waals surface area contributed by atoms with Crippen LogP contribution in [0.3, 0.4) is 0 Å². The topological polar surface area (TPSA) is 88.5 Å². The minimum absolute atomic E-state index is 0.322. The highest BCUT2D eigenvalue weighted by Crippen LogP contribution is 2.45. The van der Waals surface area contributed by atoms with Crippen molar-refractivity contribution in [2.24, 2.45) is 0 Å². The van der Waals surface area contributed by atoms with Crippen LogP contribution < -0.4 is 9.30 Å². The summed E-state index contributed by atoms with van der Waals surface area (Å²) in [4.78, 5) is 26.0. The van der Waals surface area contributed by atoms with E-state index in [2.05, 4.69) is 4.57 Å². The molecule has 26 heavy (non-hydrogen) atoms. The number of benzene rings is 1. The van der Waals surface area contributed by atoms with E-state index in [-0.39, 0.29) is 6.09 Å². The molecular formula is C17H21N2O6Si. The van der Waals surface area contributed by atoms with E-state index in [4.69, 9.17) is 14.2 Å². The number of ether oxygens (including phenoxy) is 3. The second kappa shape index (κ2) is 5.88. The van der Waals surface area contributed by atoms with Crippen LogP contribution in [0.25, 0.3) is 0 Å². The Morgan fingerprint density at radius 2 is 2.12 bits per heavy atom. The molecule has 0 bridgehead atoms. The zero-order chi connectivity index (χ0) is 18.6. The average molecular weight is 377 g/mol. The fourth-order valence-electron chi connectivity index (χ4n) is 3.44. The lowest BCUT2D eigenvalue weighted by Gasteiger charge is -2.45. The van der Waals surface area contributed by atoms with Crippen LogP contribution in [0.4, 0.5) is 10.5 Å². The average Bonchev–Trinajstić information content (AvgIpc) is 2.86. The molecule has 9 heteroatoms. The maximum absolute atomic E-state index is 12.4. The first-order valence-corrected chi connectivity index (χ1v) is 10.4. The number of carbonyl (C=O) groups excluding carboxylic acids is 2. The third-order valence-corrected chi connectivity index (χ3v) is 6.97. The number of hydrogen-bond donors (Lipinski definition) is 1. The van der Waals surface area contributed by atoms with Gasteiger partial charge in [0.1, 0.15) is 17.6 Å². The molecule has 3 aliphatic heterocycles. The van der Waals surface area contributed by atoms with Gasteiger partial charge in [-0.2, -0.15) is 0 Å². The predicted molar refractivity (Wildman–Crippen MR) is 93.2 cm³/mol. The van der Waals surface area contributed by atoms with Crippen molar-refractivity contribution < 1.29 is 28.9 Å². The molecule has 1 N–H and O–H groups in total. The van der Waals surface area contributed by atoms with E-state index in [0.717, 1.165) is 5.69 Å². The molecule has 3 heterocycles. The lowest BCUT2D eigenvalue weighted by atomic mass is 10.1. The van der Waals surface area contributed by atoms with Gasteiger partial charge in [0.2, 0.25) is 15.2 Å². The molecule has 1 saturated heterocycles. The number of cyclic esters (lactones) is 1. The maximum Gasteiger partial charge on any atom is 0.410 e. The van der Waals surface area contributed by atoms with Crippen molar-refractivity contribution in [1.82, 2.24) is 4.90 Å². The van der Waals surface area contributed by atoms with Gasteiger partial charge in [-0.1, -0.05) is 0 Å². The van der Waals surface area contributed by atoms with Gasteiger partial charge in [0.15, 0.2) is 0 Å². The second-order valence-electron chi connectivity index (χ2n) is 7.54. The molecule has 1 unspecified atom stereocenters. The number of aliphatic hydroxyl groups is 1. The van der Waals surface area contributed by atoms with Gasteiger partial charge < -0.3 is 28.8 Å². The summed E-state index contributed by atoms with van der Waals surface area (Å²) in [6, 6.07) is 3.37. The van der Waals surface area contributed by atoms with Gasteiger partial charge in [-0.3, -0.25) is 0 Å². The van der Waals surface area contributed by atoms with Crippen LogP contribution in [-0.4, -0.2) is 62.1 Å². The van der Waals surface area contributed by atoms with Crippen LogP contribution in [-0.2, 0) is 9.47 Å². The van der Waals surface area contributed by atoms with E-state index < -0.39 is 26.8 Å². The van der Waals surface area contributed by atoms with Crippen molar-refractivity contribution in [2.45, 2.75) is 32.7 Å². The quantitative estimate of drug-likeness (QED) is 0.539. The largest absolute Gasteiger partial charge is 0.493 e. The molecule has 139 valence electrons. The molecule has 8 nitrogen and oxygen atoms in total. The van der Waals surface area contributed by atoms with Crippen LogP contribution in [0.5, 0.6) is 5.75 Å². The summed E-state index contributed by atoms with van der Waals surface area (Å²) in [7, 11) is -1.25. The predicted octanol–water partition coefficient (Wildman–Crippen LogP) is 1.37. The number of fused-ring (bicyclic) bond motifs is 5. The van der Waals surface area contributed by atoms with Crippen LogP contribution in [0.2, 0.25) is 0 Å². The van der Waals surface area contributed by atoms with Crippen LogP contribution in [0.15, 0.2) is 12.1 Å². The number of nitrogens with zero attached hydrogens (tertiary/aromatic N) is 2. The zero-order valence-corrected chi connectivity index (χ0v) is 15.9. The summed E-state index contributed by atoms with van der Waals surface area (Å²) in [5.74, 6) is 0.114. The molecule has 1 amide bonds. The zero-order valence-electron chi connectivity index (χ0n) is 14.9. The molecule has 1 aromatic carbocycles. The summed E-state index contributed by atoms with van der Waals surface area (Å²) >= 11 is 0. The summed E-state index contributed by atoms with van der Waals surface area (Å²) in [5, 5.41) is 10.2. The molecule has 1 radical (unpaired) electrons. The molecule has 0 aromatic heterocycles. The minimum atomic E-state index is -1.28. The molecule has 3 aliphatic rings. The fraction of sp³-hybridized carbons (Fsp3) is 0.529. The molecule has 1 atom stereocenters. The molecule has 0 spiro atoms. The highest BCUT2D eigenvalue weighted by Gasteiger charge is 2.43. The third-order valence-electron chi connectivity index (χ3n) is 4.53. The fourth-order valence-corrected chi connectivity index (χ4v) is 5.87. The van der Waals surface area contributed by atoms with Gasteiger partial charge in [0.05, 0.1) is 16.8 Å². The van der Waals surface area contributed by atoms with Gasteiger partial charge in [0.25, 0.3) is 0 Å². The van der Waals surface area contributed by atoms with Crippen molar-refractivity contribution in [3.05, 3.63) is 23.3 Å². The first-order valence-electron chi connectivity index (χ1n) is 8.53. The first-order chi connectivity index (χ1) is 12.2. The standard InChI is InChI=1S/C17H21N2O6Si/c1-17(2,3)25-16(22)18-6-7-19-13-11(23-9-26(19)8-18)5-4-10-12(13)15(21)24-14(10)20/h4-5,15,21H,6-9H2,1-3H3. The number of aliphatic hydroxyl groups excluding tert-OH is 1. The Balaban J connectivity index is 1.60. The first kappa shape index (κ1) is 17.2. The van der Waals surface area contributed by atoms with E-state index in [0.29, 0.717) is 42.4 Å². The Morgan fingerprint density at radius 3 is 2.85 bits per heavy atom. The number of anilines is 1. The van der Waals surface area contributed by atoms with Gasteiger partial charge in [0, 0.05) is 19.3 Å². The molecule has 4 rings (SSSR count). The summed E-state index contributed by atoms with van der Waals surface area (Å²) in [5.41, 5.74) is 1.03. The number of esters is 1. The number of rotatable bonds is 0. The van der Waals surface area contributed by atoms with Gasteiger partial charge in [-0.25, -0.2) is 9.59 Å². The van der Waals surface area contributed by atoms with E-state index in [1.54, 1.807) is 17.0 Å². The summed E-state index contributed by atoms with van der Waals surface area (Å²) in [6.45, 7) is 6.64. The van der Waals surface area contributed by atoms with Crippen molar-refractivity contribution in [2.75, 3.05) is 30.1 Å². The lowest BCUT2D eigenvalue weighted by Crippen LogP contribution is -2.62.